The highest BCUT2D eigenvalue weighted by Crippen LogP contribution is 2.26. The van der Waals surface area contributed by atoms with E-state index in [1.165, 1.54) is 22.3 Å². The molecule has 2 aromatic heterocycles. The molecule has 0 amide bonds. The van der Waals surface area contributed by atoms with E-state index < -0.39 is 10.0 Å². The Morgan fingerprint density at radius 3 is 2.58 bits per heavy atom. The summed E-state index contributed by atoms with van der Waals surface area (Å²) >= 11 is 1.52. The van der Waals surface area contributed by atoms with Crippen LogP contribution in [0.1, 0.15) is 17.0 Å². The highest BCUT2D eigenvalue weighted by molar-refractivity contribution is 7.98. The second kappa shape index (κ2) is 7.22. The molecule has 0 atom stereocenters. The van der Waals surface area contributed by atoms with Crippen LogP contribution >= 0.6 is 11.8 Å². The van der Waals surface area contributed by atoms with Gasteiger partial charge in [-0.3, -0.25) is 0 Å². The lowest BCUT2D eigenvalue weighted by atomic mass is 10.2. The number of hydrogen-bond acceptors (Lipinski definition) is 7. The topological polar surface area (TPSA) is 85.5 Å². The van der Waals surface area contributed by atoms with Crippen LogP contribution in [0.3, 0.4) is 0 Å². The van der Waals surface area contributed by atoms with Crippen molar-refractivity contribution in [3.05, 3.63) is 35.3 Å². The number of rotatable bonds is 5. The van der Waals surface area contributed by atoms with Gasteiger partial charge in [-0.25, -0.2) is 13.4 Å². The van der Waals surface area contributed by atoms with Crippen molar-refractivity contribution in [1.29, 1.82) is 0 Å². The van der Waals surface area contributed by atoms with E-state index in [2.05, 4.69) is 10.1 Å². The second-order valence-corrected chi connectivity index (χ2v) is 8.37. The van der Waals surface area contributed by atoms with Gasteiger partial charge in [-0.15, -0.1) is 11.8 Å². The van der Waals surface area contributed by atoms with Crippen LogP contribution < -0.4 is 0 Å². The molecule has 0 saturated carbocycles. The van der Waals surface area contributed by atoms with Crippen molar-refractivity contribution >= 4 is 21.8 Å². The largest absolute Gasteiger partial charge is 0.379 e. The predicted octanol–water partition coefficient (Wildman–Crippen LogP) is 2.00. The smallest absolute Gasteiger partial charge is 0.244 e. The molecule has 0 aliphatic carbocycles. The number of nitrogens with zero attached hydrogens (tertiary/aromatic N) is 3. The minimum Gasteiger partial charge on any atom is -0.379 e. The Bertz CT molecular complexity index is 777. The third kappa shape index (κ3) is 3.64. The van der Waals surface area contributed by atoms with Crippen molar-refractivity contribution in [2.45, 2.75) is 29.5 Å². The minimum atomic E-state index is -3.49. The van der Waals surface area contributed by atoms with Gasteiger partial charge < -0.3 is 9.26 Å². The molecule has 3 heterocycles. The lowest BCUT2D eigenvalue weighted by Gasteiger charge is -2.25. The first-order valence-corrected chi connectivity index (χ1v) is 9.99. The second-order valence-electron chi connectivity index (χ2n) is 5.44. The molecule has 130 valence electrons. The fourth-order valence-electron chi connectivity index (χ4n) is 2.39. The quantitative estimate of drug-likeness (QED) is 0.745. The first-order chi connectivity index (χ1) is 11.5. The number of morpholine rings is 1. The molecule has 9 heteroatoms. The highest BCUT2D eigenvalue weighted by Gasteiger charge is 2.26. The van der Waals surface area contributed by atoms with E-state index in [4.69, 9.17) is 9.26 Å². The number of ether oxygens (including phenoxy) is 1. The van der Waals surface area contributed by atoms with Crippen molar-refractivity contribution in [1.82, 2.24) is 14.4 Å². The van der Waals surface area contributed by atoms with Gasteiger partial charge in [0.05, 0.1) is 23.9 Å². The normalized spacial score (nSPS) is 16.4. The molecule has 7 nitrogen and oxygen atoms in total. The zero-order chi connectivity index (χ0) is 17.2. The maximum atomic E-state index is 12.5. The number of aromatic nitrogens is 2. The van der Waals surface area contributed by atoms with Gasteiger partial charge >= 0.3 is 0 Å². The predicted molar refractivity (Wildman–Crippen MR) is 89.4 cm³/mol. The van der Waals surface area contributed by atoms with Crippen LogP contribution in [0.25, 0.3) is 0 Å². The Labute approximate surface area is 145 Å². The summed E-state index contributed by atoms with van der Waals surface area (Å²) in [5.41, 5.74) is 1.92. The van der Waals surface area contributed by atoms with Crippen molar-refractivity contribution in [2.24, 2.45) is 0 Å². The maximum absolute atomic E-state index is 12.5. The third-order valence-corrected chi connectivity index (χ3v) is 6.72. The number of sulfonamides is 1. The van der Waals surface area contributed by atoms with Crippen molar-refractivity contribution < 1.29 is 17.7 Å². The fraction of sp³-hybridized carbons (Fsp3) is 0.467. The molecule has 1 aliphatic heterocycles. The molecule has 1 saturated heterocycles. The van der Waals surface area contributed by atoms with Gasteiger partial charge in [0.2, 0.25) is 10.0 Å². The fourth-order valence-corrected chi connectivity index (χ4v) is 4.74. The lowest BCUT2D eigenvalue weighted by Crippen LogP contribution is -2.40. The Morgan fingerprint density at radius 1 is 1.25 bits per heavy atom. The first kappa shape index (κ1) is 17.4. The Morgan fingerprint density at radius 2 is 2.00 bits per heavy atom. The summed E-state index contributed by atoms with van der Waals surface area (Å²) in [6.07, 6.45) is 1.42. The number of hydrogen-bond donors (Lipinski definition) is 0. The first-order valence-electron chi connectivity index (χ1n) is 7.57. The standard InChI is InChI=1S/C15H19N3O4S2/c1-11-14(12(2)22-17-11)10-23-15-4-3-13(9-16-15)24(19,20)18-5-7-21-8-6-18/h3-4,9H,5-8,10H2,1-2H3. The molecule has 0 N–H and O–H groups in total. The summed E-state index contributed by atoms with van der Waals surface area (Å²) < 4.78 is 36.8. The van der Waals surface area contributed by atoms with Crippen LogP contribution in [0.15, 0.2) is 32.8 Å². The van der Waals surface area contributed by atoms with E-state index in [1.54, 1.807) is 12.1 Å². The number of pyridine rings is 1. The molecular formula is C15H19N3O4S2. The summed E-state index contributed by atoms with van der Waals surface area (Å²) in [4.78, 5) is 4.49. The zero-order valence-corrected chi connectivity index (χ0v) is 15.2. The van der Waals surface area contributed by atoms with Crippen molar-refractivity contribution in [2.75, 3.05) is 26.3 Å². The third-order valence-electron chi connectivity index (χ3n) is 3.86. The van der Waals surface area contributed by atoms with E-state index in [-0.39, 0.29) is 4.90 Å². The molecule has 0 spiro atoms. The molecular weight excluding hydrogens is 350 g/mol. The van der Waals surface area contributed by atoms with Crippen LogP contribution in [-0.4, -0.2) is 49.2 Å². The molecule has 1 aliphatic rings. The molecule has 1 fully saturated rings. The summed E-state index contributed by atoms with van der Waals surface area (Å²) in [6.45, 7) is 5.39. The molecule has 2 aromatic rings. The Hall–Kier alpha value is -1.42. The van der Waals surface area contributed by atoms with E-state index in [0.29, 0.717) is 32.1 Å². The van der Waals surface area contributed by atoms with Crippen LogP contribution in [-0.2, 0) is 20.5 Å². The van der Waals surface area contributed by atoms with Gasteiger partial charge in [0.1, 0.15) is 10.7 Å². The lowest BCUT2D eigenvalue weighted by molar-refractivity contribution is 0.0730. The molecule has 0 radical (unpaired) electrons. The summed E-state index contributed by atoms with van der Waals surface area (Å²) in [7, 11) is -3.49. The van der Waals surface area contributed by atoms with Gasteiger partial charge in [-0.1, -0.05) is 5.16 Å². The summed E-state index contributed by atoms with van der Waals surface area (Å²) in [5, 5.41) is 4.68. The Kier molecular flexibility index (Phi) is 5.24. The van der Waals surface area contributed by atoms with Crippen LogP contribution in [0, 0.1) is 13.8 Å². The Balaban J connectivity index is 1.69. The molecule has 0 bridgehead atoms. The van der Waals surface area contributed by atoms with Gasteiger partial charge in [0.25, 0.3) is 0 Å². The summed E-state index contributed by atoms with van der Waals surface area (Å²) in [5.74, 6) is 1.48. The van der Waals surface area contributed by atoms with E-state index in [1.807, 2.05) is 13.8 Å². The average molecular weight is 369 g/mol. The van der Waals surface area contributed by atoms with E-state index in [9.17, 15) is 8.42 Å². The average Bonchev–Trinajstić information content (AvgIpc) is 2.92. The van der Waals surface area contributed by atoms with E-state index >= 15 is 0 Å². The number of aryl methyl sites for hydroxylation is 2. The molecule has 3 rings (SSSR count). The molecule has 0 unspecified atom stereocenters. The zero-order valence-electron chi connectivity index (χ0n) is 13.6. The summed E-state index contributed by atoms with van der Waals surface area (Å²) in [6, 6.07) is 3.34. The van der Waals surface area contributed by atoms with Gasteiger partial charge in [-0.05, 0) is 26.0 Å². The van der Waals surface area contributed by atoms with Crippen LogP contribution in [0.4, 0.5) is 0 Å². The maximum Gasteiger partial charge on any atom is 0.244 e. The minimum absolute atomic E-state index is 0.214. The van der Waals surface area contributed by atoms with Crippen LogP contribution in [0.2, 0.25) is 0 Å². The van der Waals surface area contributed by atoms with E-state index in [0.717, 1.165) is 22.0 Å². The van der Waals surface area contributed by atoms with Gasteiger partial charge in [0, 0.05) is 30.6 Å². The monoisotopic (exact) mass is 369 g/mol. The SMILES string of the molecule is Cc1noc(C)c1CSc1ccc(S(=O)(=O)N2CCOCC2)cn1. The molecule has 0 aromatic carbocycles. The van der Waals surface area contributed by atoms with Crippen molar-refractivity contribution in [3.8, 4) is 0 Å². The molecule has 24 heavy (non-hydrogen) atoms. The van der Waals surface area contributed by atoms with Crippen LogP contribution in [0.5, 0.6) is 0 Å². The number of thioether (sulfide) groups is 1. The highest BCUT2D eigenvalue weighted by atomic mass is 32.2. The van der Waals surface area contributed by atoms with Gasteiger partial charge in [0.15, 0.2) is 0 Å². The van der Waals surface area contributed by atoms with Gasteiger partial charge in [-0.2, -0.15) is 4.31 Å². The van der Waals surface area contributed by atoms with Crippen molar-refractivity contribution in [3.63, 3.8) is 0 Å².